The lowest BCUT2D eigenvalue weighted by Gasteiger charge is -2.16. The number of carbonyl (C=O) groups excluding carboxylic acids is 1. The maximum atomic E-state index is 12.3. The van der Waals surface area contributed by atoms with E-state index in [1.165, 1.54) is 12.1 Å². The first kappa shape index (κ1) is 16.2. The van der Waals surface area contributed by atoms with Crippen LogP contribution >= 0.6 is 0 Å². The van der Waals surface area contributed by atoms with E-state index in [4.69, 9.17) is 5.73 Å². The lowest BCUT2D eigenvalue weighted by Crippen LogP contribution is -2.45. The van der Waals surface area contributed by atoms with E-state index >= 15 is 0 Å². The number of benzene rings is 2. The molecule has 0 aliphatic heterocycles. The summed E-state index contributed by atoms with van der Waals surface area (Å²) in [5, 5.41) is 0. The van der Waals surface area contributed by atoms with Crippen LogP contribution < -0.4 is 10.5 Å². The van der Waals surface area contributed by atoms with Crippen molar-refractivity contribution in [2.45, 2.75) is 24.3 Å². The minimum Gasteiger partial charge on any atom is -0.368 e. The summed E-state index contributed by atoms with van der Waals surface area (Å²) in [5.74, 6) is -0.709. The summed E-state index contributed by atoms with van der Waals surface area (Å²) >= 11 is 0. The molecular weight excluding hydrogens is 300 g/mol. The van der Waals surface area contributed by atoms with Gasteiger partial charge in [0.15, 0.2) is 0 Å². The Morgan fingerprint density at radius 3 is 2.23 bits per heavy atom. The third-order valence-corrected chi connectivity index (χ3v) is 4.74. The molecule has 0 fully saturated rings. The Labute approximate surface area is 130 Å². The molecule has 0 radical (unpaired) electrons. The zero-order chi connectivity index (χ0) is 16.2. The molecule has 0 aliphatic rings. The van der Waals surface area contributed by atoms with E-state index in [1.54, 1.807) is 12.1 Å². The van der Waals surface area contributed by atoms with E-state index in [0.717, 1.165) is 11.1 Å². The van der Waals surface area contributed by atoms with Gasteiger partial charge in [0, 0.05) is 0 Å². The number of carbonyl (C=O) groups is 1. The van der Waals surface area contributed by atoms with Crippen molar-refractivity contribution in [1.29, 1.82) is 0 Å². The van der Waals surface area contributed by atoms with Gasteiger partial charge in [-0.1, -0.05) is 48.0 Å². The van der Waals surface area contributed by atoms with E-state index in [9.17, 15) is 13.2 Å². The second kappa shape index (κ2) is 6.72. The van der Waals surface area contributed by atoms with Crippen molar-refractivity contribution in [2.24, 2.45) is 5.73 Å². The molecule has 2 aromatic rings. The van der Waals surface area contributed by atoms with Crippen LogP contribution in [0.5, 0.6) is 0 Å². The topological polar surface area (TPSA) is 89.3 Å². The van der Waals surface area contributed by atoms with Gasteiger partial charge in [0.05, 0.1) is 4.90 Å². The van der Waals surface area contributed by atoms with Crippen molar-refractivity contribution < 1.29 is 13.2 Å². The Morgan fingerprint density at radius 2 is 1.68 bits per heavy atom. The van der Waals surface area contributed by atoms with Crippen LogP contribution in [0, 0.1) is 6.92 Å². The molecule has 0 saturated carbocycles. The quantitative estimate of drug-likeness (QED) is 0.843. The van der Waals surface area contributed by atoms with Crippen LogP contribution in [0.15, 0.2) is 59.5 Å². The standard InChI is InChI=1S/C16H18N2O3S/c1-12-7-9-14(10-8-12)22(20,21)18-15(16(17)19)11-13-5-3-2-4-6-13/h2-10,15,18H,11H2,1H3,(H2,17,19)/t15-/m0/s1. The molecule has 0 bridgehead atoms. The molecule has 0 unspecified atom stereocenters. The number of sulfonamides is 1. The molecule has 5 nitrogen and oxygen atoms in total. The van der Waals surface area contributed by atoms with E-state index in [0.29, 0.717) is 0 Å². The highest BCUT2D eigenvalue weighted by Crippen LogP contribution is 2.12. The van der Waals surface area contributed by atoms with Gasteiger partial charge >= 0.3 is 0 Å². The first-order valence-electron chi connectivity index (χ1n) is 6.81. The number of primary amides is 1. The maximum absolute atomic E-state index is 12.3. The highest BCUT2D eigenvalue weighted by Gasteiger charge is 2.24. The van der Waals surface area contributed by atoms with Crippen molar-refractivity contribution in [3.63, 3.8) is 0 Å². The van der Waals surface area contributed by atoms with Gasteiger partial charge in [-0.3, -0.25) is 4.79 Å². The summed E-state index contributed by atoms with van der Waals surface area (Å²) in [4.78, 5) is 11.7. The molecule has 2 aromatic carbocycles. The van der Waals surface area contributed by atoms with Crippen LogP contribution in [0.4, 0.5) is 0 Å². The zero-order valence-electron chi connectivity index (χ0n) is 12.2. The Kier molecular flexibility index (Phi) is 4.95. The zero-order valence-corrected chi connectivity index (χ0v) is 13.0. The van der Waals surface area contributed by atoms with Gasteiger partial charge in [0.1, 0.15) is 6.04 Å². The van der Waals surface area contributed by atoms with Crippen molar-refractivity contribution in [1.82, 2.24) is 4.72 Å². The Bertz CT molecular complexity index is 741. The Balaban J connectivity index is 2.20. The number of hydrogen-bond donors (Lipinski definition) is 2. The summed E-state index contributed by atoms with van der Waals surface area (Å²) < 4.78 is 27.0. The number of aryl methyl sites for hydroxylation is 1. The molecule has 116 valence electrons. The fourth-order valence-electron chi connectivity index (χ4n) is 2.02. The summed E-state index contributed by atoms with van der Waals surface area (Å²) in [6.45, 7) is 1.87. The average molecular weight is 318 g/mol. The molecular formula is C16H18N2O3S. The summed E-state index contributed by atoms with van der Waals surface area (Å²) in [5.41, 5.74) is 7.11. The molecule has 0 saturated heterocycles. The van der Waals surface area contributed by atoms with Crippen LogP contribution in [-0.4, -0.2) is 20.4 Å². The molecule has 0 heterocycles. The Hall–Kier alpha value is -2.18. The van der Waals surface area contributed by atoms with Gasteiger partial charge < -0.3 is 5.73 Å². The molecule has 22 heavy (non-hydrogen) atoms. The van der Waals surface area contributed by atoms with Crippen molar-refractivity contribution in [3.8, 4) is 0 Å². The van der Waals surface area contributed by atoms with E-state index in [-0.39, 0.29) is 11.3 Å². The molecule has 0 aliphatic carbocycles. The predicted octanol–water partition coefficient (Wildman–Crippen LogP) is 1.37. The molecule has 1 atom stereocenters. The van der Waals surface area contributed by atoms with Gasteiger partial charge in [0.2, 0.25) is 15.9 Å². The maximum Gasteiger partial charge on any atom is 0.241 e. The molecule has 3 N–H and O–H groups in total. The lowest BCUT2D eigenvalue weighted by atomic mass is 10.1. The highest BCUT2D eigenvalue weighted by molar-refractivity contribution is 7.89. The second-order valence-electron chi connectivity index (χ2n) is 5.08. The first-order chi connectivity index (χ1) is 10.4. The molecule has 0 spiro atoms. The van der Waals surface area contributed by atoms with E-state index in [2.05, 4.69) is 4.72 Å². The minimum absolute atomic E-state index is 0.109. The van der Waals surface area contributed by atoms with E-state index < -0.39 is 22.0 Å². The van der Waals surface area contributed by atoms with Crippen LogP contribution in [0.1, 0.15) is 11.1 Å². The van der Waals surface area contributed by atoms with Crippen LogP contribution in [-0.2, 0) is 21.2 Å². The molecule has 0 aromatic heterocycles. The number of hydrogen-bond acceptors (Lipinski definition) is 3. The number of nitrogens with two attached hydrogens (primary N) is 1. The number of amides is 1. The van der Waals surface area contributed by atoms with Gasteiger partial charge in [-0.25, -0.2) is 8.42 Å². The third kappa shape index (κ3) is 4.16. The normalized spacial score (nSPS) is 12.8. The second-order valence-corrected chi connectivity index (χ2v) is 6.79. The summed E-state index contributed by atoms with van der Waals surface area (Å²) in [6, 6.07) is 14.5. The van der Waals surface area contributed by atoms with E-state index in [1.807, 2.05) is 37.3 Å². The first-order valence-corrected chi connectivity index (χ1v) is 8.29. The minimum atomic E-state index is -3.79. The average Bonchev–Trinajstić information content (AvgIpc) is 2.48. The van der Waals surface area contributed by atoms with Crippen molar-refractivity contribution >= 4 is 15.9 Å². The highest BCUT2D eigenvalue weighted by atomic mass is 32.2. The summed E-state index contributed by atoms with van der Waals surface area (Å²) in [6.07, 6.45) is 0.210. The van der Waals surface area contributed by atoms with Gasteiger partial charge in [-0.05, 0) is 31.0 Å². The van der Waals surface area contributed by atoms with Crippen molar-refractivity contribution in [3.05, 3.63) is 65.7 Å². The molecule has 2 rings (SSSR count). The molecule has 6 heteroatoms. The summed E-state index contributed by atoms with van der Waals surface area (Å²) in [7, 11) is -3.79. The van der Waals surface area contributed by atoms with Gasteiger partial charge in [-0.15, -0.1) is 0 Å². The lowest BCUT2D eigenvalue weighted by molar-refractivity contribution is -0.119. The fraction of sp³-hybridized carbons (Fsp3) is 0.188. The Morgan fingerprint density at radius 1 is 1.09 bits per heavy atom. The monoisotopic (exact) mass is 318 g/mol. The number of rotatable bonds is 6. The molecule has 1 amide bonds. The third-order valence-electron chi connectivity index (χ3n) is 3.25. The van der Waals surface area contributed by atoms with Crippen LogP contribution in [0.3, 0.4) is 0 Å². The smallest absolute Gasteiger partial charge is 0.241 e. The van der Waals surface area contributed by atoms with Crippen molar-refractivity contribution in [2.75, 3.05) is 0 Å². The van der Waals surface area contributed by atoms with Gasteiger partial charge in [-0.2, -0.15) is 4.72 Å². The largest absolute Gasteiger partial charge is 0.368 e. The fourth-order valence-corrected chi connectivity index (χ4v) is 3.23. The number of nitrogens with one attached hydrogen (secondary N) is 1. The van der Waals surface area contributed by atoms with Gasteiger partial charge in [0.25, 0.3) is 0 Å². The van der Waals surface area contributed by atoms with Crippen LogP contribution in [0.25, 0.3) is 0 Å². The van der Waals surface area contributed by atoms with Crippen LogP contribution in [0.2, 0.25) is 0 Å². The predicted molar refractivity (Wildman–Crippen MR) is 84.6 cm³/mol. The SMILES string of the molecule is Cc1ccc(S(=O)(=O)N[C@@H](Cc2ccccc2)C(N)=O)cc1.